The molecule has 5 nitrogen and oxygen atoms in total. The Bertz CT molecular complexity index is 625. The van der Waals surface area contributed by atoms with E-state index in [4.69, 9.17) is 9.15 Å². The molecule has 0 spiro atoms. The lowest BCUT2D eigenvalue weighted by Crippen LogP contribution is -2.36. The molecule has 0 aromatic carbocycles. The molecule has 0 aliphatic rings. The number of rotatable bonds is 13. The highest BCUT2D eigenvalue weighted by Gasteiger charge is 2.21. The highest BCUT2D eigenvalue weighted by Crippen LogP contribution is 2.11. The summed E-state index contributed by atoms with van der Waals surface area (Å²) in [5.41, 5.74) is 0.740. The van der Waals surface area contributed by atoms with E-state index < -0.39 is 20.0 Å². The Morgan fingerprint density at radius 1 is 1.15 bits per heavy atom. The van der Waals surface area contributed by atoms with Crippen molar-refractivity contribution in [1.29, 1.82) is 0 Å². The molecule has 1 aromatic rings. The predicted octanol–water partition coefficient (Wildman–Crippen LogP) is 4.67. The van der Waals surface area contributed by atoms with E-state index in [0.717, 1.165) is 30.2 Å². The molecule has 27 heavy (non-hydrogen) atoms. The second kappa shape index (κ2) is 11.8. The highest BCUT2D eigenvalue weighted by atomic mass is 28.3. The molecule has 1 heterocycles. The van der Waals surface area contributed by atoms with Gasteiger partial charge < -0.3 is 14.3 Å². The van der Waals surface area contributed by atoms with Crippen molar-refractivity contribution in [2.75, 3.05) is 6.61 Å². The van der Waals surface area contributed by atoms with Crippen LogP contribution in [-0.2, 0) is 20.7 Å². The lowest BCUT2D eigenvalue weighted by molar-refractivity contribution is -0.144. The Morgan fingerprint density at radius 3 is 2.41 bits per heavy atom. The molecule has 152 valence electrons. The first-order valence-corrected chi connectivity index (χ1v) is 13.4. The van der Waals surface area contributed by atoms with E-state index in [0.29, 0.717) is 12.8 Å². The van der Waals surface area contributed by atoms with E-state index in [1.165, 1.54) is 25.3 Å². The van der Waals surface area contributed by atoms with Gasteiger partial charge in [0.2, 0.25) is 0 Å². The highest BCUT2D eigenvalue weighted by molar-refractivity contribution is 6.87. The molecule has 0 saturated carbocycles. The van der Waals surface area contributed by atoms with Crippen molar-refractivity contribution >= 4 is 25.4 Å². The normalized spacial score (nSPS) is 12.2. The van der Waals surface area contributed by atoms with Crippen LogP contribution in [0, 0.1) is 0 Å². The van der Waals surface area contributed by atoms with Gasteiger partial charge in [-0.1, -0.05) is 64.7 Å². The van der Waals surface area contributed by atoms with E-state index in [1.807, 2.05) is 6.07 Å². The number of carboxylic acid groups (broad SMARTS) is 1. The molecule has 0 aliphatic carbocycles. The van der Waals surface area contributed by atoms with Crippen molar-refractivity contribution in [2.24, 2.45) is 0 Å². The van der Waals surface area contributed by atoms with Crippen molar-refractivity contribution in [2.45, 2.75) is 77.9 Å². The average molecular weight is 395 g/mol. The van der Waals surface area contributed by atoms with E-state index in [9.17, 15) is 14.7 Å². The molecule has 0 radical (unpaired) electrons. The summed E-state index contributed by atoms with van der Waals surface area (Å²) in [4.78, 5) is 23.4. The fourth-order valence-corrected chi connectivity index (χ4v) is 3.70. The van der Waals surface area contributed by atoms with Gasteiger partial charge in [0.15, 0.2) is 0 Å². The summed E-state index contributed by atoms with van der Waals surface area (Å²) in [7, 11) is -1.49. The zero-order valence-electron chi connectivity index (χ0n) is 17.2. The van der Waals surface area contributed by atoms with Crippen LogP contribution >= 0.6 is 0 Å². The number of furan rings is 1. The van der Waals surface area contributed by atoms with Crippen molar-refractivity contribution in [1.82, 2.24) is 0 Å². The van der Waals surface area contributed by atoms with Crippen LogP contribution in [0.15, 0.2) is 28.4 Å². The minimum atomic E-state index is -1.49. The third kappa shape index (κ3) is 9.09. The summed E-state index contributed by atoms with van der Waals surface area (Å²) in [6.07, 6.45) is 10.8. The topological polar surface area (TPSA) is 76.7 Å². The Hall–Kier alpha value is -1.82. The molecule has 0 fully saturated rings. The summed E-state index contributed by atoms with van der Waals surface area (Å²) in [5, 5.41) is 10.3. The molecule has 1 aromatic heterocycles. The van der Waals surface area contributed by atoms with E-state index in [1.54, 1.807) is 6.26 Å². The quantitative estimate of drug-likeness (QED) is 0.131. The number of carbonyl (C=O) groups excluding carboxylic acids is 1. The van der Waals surface area contributed by atoms with Gasteiger partial charge in [0.25, 0.3) is 0 Å². The number of allylic oxidation sites excluding steroid dienone is 1. The molecule has 1 N–H and O–H groups in total. The van der Waals surface area contributed by atoms with E-state index in [2.05, 4.69) is 26.6 Å². The number of hydrogen-bond donors (Lipinski definition) is 1. The molecule has 1 rings (SSSR count). The van der Waals surface area contributed by atoms with Gasteiger partial charge in [-0.25, -0.2) is 9.59 Å². The lowest BCUT2D eigenvalue weighted by atomic mass is 10.1. The van der Waals surface area contributed by atoms with Crippen LogP contribution in [0.25, 0.3) is 0 Å². The van der Waals surface area contributed by atoms with Gasteiger partial charge in [0.05, 0.1) is 18.3 Å². The summed E-state index contributed by atoms with van der Waals surface area (Å²) < 4.78 is 10.7. The number of carboxylic acids is 1. The maximum Gasteiger partial charge on any atom is 0.345 e. The first kappa shape index (κ1) is 23.2. The zero-order valence-corrected chi connectivity index (χ0v) is 18.2. The molecule has 0 unspecified atom stereocenters. The number of esters is 1. The van der Waals surface area contributed by atoms with Gasteiger partial charge in [0.1, 0.15) is 13.6 Å². The van der Waals surface area contributed by atoms with Crippen LogP contribution in [0.1, 0.15) is 57.4 Å². The molecular formula is C21H34O5Si. The number of hydrogen-bond acceptors (Lipinski definition) is 4. The second-order valence-corrected chi connectivity index (χ2v) is 12.9. The third-order valence-electron chi connectivity index (χ3n) is 4.36. The zero-order chi connectivity index (χ0) is 20.3. The van der Waals surface area contributed by atoms with E-state index >= 15 is 0 Å². The lowest BCUT2D eigenvalue weighted by Gasteiger charge is -2.10. The van der Waals surface area contributed by atoms with Crippen LogP contribution < -0.4 is 5.38 Å². The Balaban J connectivity index is 2.44. The van der Waals surface area contributed by atoms with Crippen LogP contribution in [0.5, 0.6) is 0 Å². The first-order valence-electron chi connectivity index (χ1n) is 9.94. The van der Waals surface area contributed by atoms with Crippen LogP contribution in [0.2, 0.25) is 19.6 Å². The van der Waals surface area contributed by atoms with Crippen molar-refractivity contribution < 1.29 is 23.8 Å². The summed E-state index contributed by atoms with van der Waals surface area (Å²) in [6.45, 7) is 9.06. The minimum absolute atomic E-state index is 0.275. The van der Waals surface area contributed by atoms with Gasteiger partial charge in [0, 0.05) is 0 Å². The van der Waals surface area contributed by atoms with Crippen molar-refractivity contribution in [3.05, 3.63) is 29.5 Å². The van der Waals surface area contributed by atoms with Gasteiger partial charge in [-0.15, -0.1) is 0 Å². The molecule has 6 heteroatoms. The number of ether oxygens (including phenoxy) is 1. The first-order chi connectivity index (χ1) is 12.8. The molecular weight excluding hydrogens is 360 g/mol. The maximum absolute atomic E-state index is 12.0. The Kier molecular flexibility index (Phi) is 10.1. The van der Waals surface area contributed by atoms with Crippen LogP contribution in [0.4, 0.5) is 0 Å². The number of aryl methyl sites for hydroxylation is 1. The monoisotopic (exact) mass is 394 g/mol. The number of unbranched alkanes of at least 4 members (excludes halogenated alkanes) is 5. The fourth-order valence-electron chi connectivity index (χ4n) is 2.67. The molecule has 0 aliphatic heterocycles. The van der Waals surface area contributed by atoms with Gasteiger partial charge in [-0.3, -0.25) is 0 Å². The summed E-state index contributed by atoms with van der Waals surface area (Å²) in [6, 6.07) is 2.04. The fraction of sp³-hybridized carbons (Fsp3) is 0.619. The smallest absolute Gasteiger partial charge is 0.345 e. The van der Waals surface area contributed by atoms with Gasteiger partial charge in [-0.2, -0.15) is 0 Å². The van der Waals surface area contributed by atoms with Gasteiger partial charge >= 0.3 is 11.9 Å². The van der Waals surface area contributed by atoms with Gasteiger partial charge in [-0.05, 0) is 30.9 Å². The minimum Gasteiger partial charge on any atom is -0.477 e. The number of carbonyl (C=O) groups is 2. The standard InChI is InChI=1S/C21H34O5Si/c1-5-6-7-8-9-10-14-25-21(24)18(20(22)23)13-11-12-17-15-19(26-16-17)27(2,3)4/h13,15-16H,5-12,14H2,1-4H3,(H,22,23). The van der Waals surface area contributed by atoms with Crippen molar-refractivity contribution in [3.63, 3.8) is 0 Å². The second-order valence-electron chi connectivity index (χ2n) is 7.93. The average Bonchev–Trinajstić information content (AvgIpc) is 3.06. The predicted molar refractivity (Wildman–Crippen MR) is 110 cm³/mol. The Morgan fingerprint density at radius 2 is 1.81 bits per heavy atom. The summed E-state index contributed by atoms with van der Waals surface area (Å²) in [5.74, 6) is -1.98. The molecule has 0 bridgehead atoms. The molecule has 0 amide bonds. The molecule has 0 atom stereocenters. The van der Waals surface area contributed by atoms with E-state index in [-0.39, 0.29) is 12.2 Å². The third-order valence-corrected chi connectivity index (χ3v) is 6.10. The summed E-state index contributed by atoms with van der Waals surface area (Å²) >= 11 is 0. The Labute approximate surface area is 163 Å². The van der Waals surface area contributed by atoms with Crippen molar-refractivity contribution in [3.8, 4) is 0 Å². The largest absolute Gasteiger partial charge is 0.477 e. The maximum atomic E-state index is 12.0. The van der Waals surface area contributed by atoms with Crippen LogP contribution in [-0.4, -0.2) is 31.7 Å². The SMILES string of the molecule is CCCCCCCCOC(=O)C(=CCCc1coc([Si](C)(C)C)c1)C(=O)O. The number of aliphatic carboxylic acids is 1. The van der Waals surface area contributed by atoms with Crippen LogP contribution in [0.3, 0.4) is 0 Å². The molecule has 0 saturated heterocycles.